The second-order valence-corrected chi connectivity index (χ2v) is 6.98. The molecule has 23 heavy (non-hydrogen) atoms. The second kappa shape index (κ2) is 6.22. The number of nitrogens with zero attached hydrogens (tertiary/aromatic N) is 2. The summed E-state index contributed by atoms with van der Waals surface area (Å²) in [4.78, 5) is 28.4. The van der Waals surface area contributed by atoms with Crippen molar-refractivity contribution in [2.24, 2.45) is 11.8 Å². The quantitative estimate of drug-likeness (QED) is 0.840. The number of benzene rings is 1. The molecule has 2 aliphatic rings. The number of rotatable bonds is 2. The summed E-state index contributed by atoms with van der Waals surface area (Å²) in [6, 6.07) is 5.71. The highest BCUT2D eigenvalue weighted by molar-refractivity contribution is 6.02. The van der Waals surface area contributed by atoms with Crippen molar-refractivity contribution < 1.29 is 14.3 Å². The van der Waals surface area contributed by atoms with Crippen LogP contribution in [0.1, 0.15) is 25.8 Å². The van der Waals surface area contributed by atoms with E-state index >= 15 is 0 Å². The molecular formula is C18H24N2O3. The Morgan fingerprint density at radius 1 is 1.26 bits per heavy atom. The van der Waals surface area contributed by atoms with Crippen LogP contribution >= 0.6 is 0 Å². The molecule has 0 aliphatic carbocycles. The lowest BCUT2D eigenvalue weighted by molar-refractivity contribution is -0.134. The summed E-state index contributed by atoms with van der Waals surface area (Å²) >= 11 is 0. The number of hydrogen-bond donors (Lipinski definition) is 0. The minimum atomic E-state index is -0.158. The summed E-state index contributed by atoms with van der Waals surface area (Å²) < 4.78 is 5.47. The van der Waals surface area contributed by atoms with E-state index in [-0.39, 0.29) is 25.0 Å². The van der Waals surface area contributed by atoms with Crippen LogP contribution in [-0.4, -0.2) is 43.0 Å². The third-order valence-electron chi connectivity index (χ3n) is 4.57. The predicted octanol–water partition coefficient (Wildman–Crippen LogP) is 2.22. The van der Waals surface area contributed by atoms with E-state index in [0.717, 1.165) is 25.1 Å². The van der Waals surface area contributed by atoms with Crippen LogP contribution in [0.5, 0.6) is 5.75 Å². The van der Waals surface area contributed by atoms with Crippen molar-refractivity contribution in [3.05, 3.63) is 23.8 Å². The molecule has 0 unspecified atom stereocenters. The van der Waals surface area contributed by atoms with Gasteiger partial charge in [-0.25, -0.2) is 0 Å². The van der Waals surface area contributed by atoms with Crippen molar-refractivity contribution in [2.75, 3.05) is 31.1 Å². The molecule has 0 N–H and O–H groups in total. The highest BCUT2D eigenvalue weighted by Gasteiger charge is 2.31. The molecule has 1 fully saturated rings. The maximum Gasteiger partial charge on any atom is 0.265 e. The molecule has 0 aromatic heterocycles. The molecule has 2 heterocycles. The van der Waals surface area contributed by atoms with Gasteiger partial charge in [-0.15, -0.1) is 0 Å². The van der Waals surface area contributed by atoms with Gasteiger partial charge in [0.2, 0.25) is 5.91 Å². The van der Waals surface area contributed by atoms with E-state index in [2.05, 4.69) is 13.8 Å². The molecule has 2 atom stereocenters. The minimum Gasteiger partial charge on any atom is -0.482 e. The minimum absolute atomic E-state index is 0.00382. The van der Waals surface area contributed by atoms with Crippen molar-refractivity contribution in [1.82, 2.24) is 4.90 Å². The van der Waals surface area contributed by atoms with Crippen molar-refractivity contribution >= 4 is 17.5 Å². The Hall–Kier alpha value is -2.04. The predicted molar refractivity (Wildman–Crippen MR) is 88.6 cm³/mol. The van der Waals surface area contributed by atoms with Crippen LogP contribution in [-0.2, 0) is 9.59 Å². The highest BCUT2D eigenvalue weighted by Crippen LogP contribution is 2.33. The second-order valence-electron chi connectivity index (χ2n) is 6.98. The van der Waals surface area contributed by atoms with E-state index in [4.69, 9.17) is 4.74 Å². The monoisotopic (exact) mass is 316 g/mol. The Balaban J connectivity index is 1.78. The molecule has 2 amide bonds. The normalized spacial score (nSPS) is 24.2. The molecule has 124 valence electrons. The molecule has 0 spiro atoms. The number of anilines is 1. The third kappa shape index (κ3) is 3.33. The van der Waals surface area contributed by atoms with E-state index < -0.39 is 0 Å². The number of aryl methyl sites for hydroxylation is 1. The van der Waals surface area contributed by atoms with Crippen LogP contribution in [0, 0.1) is 18.8 Å². The molecule has 2 aliphatic heterocycles. The van der Waals surface area contributed by atoms with E-state index in [0.29, 0.717) is 23.3 Å². The maximum absolute atomic E-state index is 12.7. The van der Waals surface area contributed by atoms with Crippen molar-refractivity contribution in [3.63, 3.8) is 0 Å². The van der Waals surface area contributed by atoms with Crippen molar-refractivity contribution in [3.8, 4) is 5.75 Å². The van der Waals surface area contributed by atoms with Crippen LogP contribution in [0.2, 0.25) is 0 Å². The molecule has 0 saturated carbocycles. The zero-order chi connectivity index (χ0) is 16.6. The van der Waals surface area contributed by atoms with Crippen LogP contribution in [0.15, 0.2) is 18.2 Å². The fourth-order valence-corrected chi connectivity index (χ4v) is 3.59. The lowest BCUT2D eigenvalue weighted by Gasteiger charge is -2.37. The largest absolute Gasteiger partial charge is 0.482 e. The lowest BCUT2D eigenvalue weighted by atomic mass is 9.92. The van der Waals surface area contributed by atoms with E-state index in [9.17, 15) is 9.59 Å². The fraction of sp³-hybridized carbons (Fsp3) is 0.556. The van der Waals surface area contributed by atoms with E-state index in [1.807, 2.05) is 30.0 Å². The summed E-state index contributed by atoms with van der Waals surface area (Å²) in [5, 5.41) is 0. The molecular weight excluding hydrogens is 292 g/mol. The Morgan fingerprint density at radius 3 is 2.65 bits per heavy atom. The number of likely N-dealkylation sites (tertiary alicyclic amines) is 1. The highest BCUT2D eigenvalue weighted by atomic mass is 16.5. The fourth-order valence-electron chi connectivity index (χ4n) is 3.59. The molecule has 1 aromatic rings. The summed E-state index contributed by atoms with van der Waals surface area (Å²) in [7, 11) is 0. The average Bonchev–Trinajstić information content (AvgIpc) is 2.49. The number of piperidine rings is 1. The molecule has 3 rings (SSSR count). The SMILES string of the molecule is Cc1ccc2c(c1)N(CC(=O)N1C[C@@H](C)C[C@H](C)C1)C(=O)CO2. The first-order valence-corrected chi connectivity index (χ1v) is 8.25. The van der Waals surface area contributed by atoms with E-state index in [1.54, 1.807) is 4.90 Å². The van der Waals surface area contributed by atoms with Gasteiger partial charge in [0.05, 0.1) is 5.69 Å². The molecule has 5 heteroatoms. The average molecular weight is 316 g/mol. The number of carbonyl (C=O) groups excluding carboxylic acids is 2. The molecule has 1 saturated heterocycles. The van der Waals surface area contributed by atoms with E-state index in [1.165, 1.54) is 0 Å². The lowest BCUT2D eigenvalue weighted by Crippen LogP contribution is -2.50. The van der Waals surface area contributed by atoms with Gasteiger partial charge in [0, 0.05) is 13.1 Å². The van der Waals surface area contributed by atoms with Crippen LogP contribution in [0.25, 0.3) is 0 Å². The first-order chi connectivity index (χ1) is 10.9. The Morgan fingerprint density at radius 2 is 1.96 bits per heavy atom. The Labute approximate surface area is 137 Å². The summed E-state index contributed by atoms with van der Waals surface area (Å²) in [6.45, 7) is 7.97. The molecule has 0 radical (unpaired) electrons. The maximum atomic E-state index is 12.7. The van der Waals surface area contributed by atoms with Gasteiger partial charge in [0.15, 0.2) is 6.61 Å². The zero-order valence-electron chi connectivity index (χ0n) is 14.0. The van der Waals surface area contributed by atoms with Gasteiger partial charge in [0.25, 0.3) is 5.91 Å². The van der Waals surface area contributed by atoms with Crippen molar-refractivity contribution in [1.29, 1.82) is 0 Å². The van der Waals surface area contributed by atoms with Gasteiger partial charge < -0.3 is 9.64 Å². The topological polar surface area (TPSA) is 49.9 Å². The van der Waals surface area contributed by atoms with Gasteiger partial charge >= 0.3 is 0 Å². The van der Waals surface area contributed by atoms with Gasteiger partial charge in [-0.05, 0) is 42.9 Å². The van der Waals surface area contributed by atoms with Gasteiger partial charge in [-0.3, -0.25) is 14.5 Å². The number of fused-ring (bicyclic) bond motifs is 1. The van der Waals surface area contributed by atoms with Gasteiger partial charge in [-0.2, -0.15) is 0 Å². The Bertz CT molecular complexity index is 619. The zero-order valence-corrected chi connectivity index (χ0v) is 14.0. The smallest absolute Gasteiger partial charge is 0.265 e. The number of ether oxygens (including phenoxy) is 1. The number of carbonyl (C=O) groups is 2. The van der Waals surface area contributed by atoms with Crippen molar-refractivity contribution in [2.45, 2.75) is 27.2 Å². The molecule has 1 aromatic carbocycles. The van der Waals surface area contributed by atoms with Gasteiger partial charge in [-0.1, -0.05) is 19.9 Å². The molecule has 5 nitrogen and oxygen atoms in total. The summed E-state index contributed by atoms with van der Waals surface area (Å²) in [5.41, 5.74) is 1.74. The first-order valence-electron chi connectivity index (χ1n) is 8.25. The number of hydrogen-bond acceptors (Lipinski definition) is 3. The first kappa shape index (κ1) is 15.8. The summed E-state index contributed by atoms with van der Waals surface area (Å²) in [6.07, 6.45) is 1.16. The summed E-state index contributed by atoms with van der Waals surface area (Å²) in [5.74, 6) is 1.55. The van der Waals surface area contributed by atoms with Crippen LogP contribution in [0.4, 0.5) is 5.69 Å². The van der Waals surface area contributed by atoms with Gasteiger partial charge in [0.1, 0.15) is 12.3 Å². The van der Waals surface area contributed by atoms with Crippen LogP contribution in [0.3, 0.4) is 0 Å². The number of amides is 2. The third-order valence-corrected chi connectivity index (χ3v) is 4.57. The standard InChI is InChI=1S/C18H24N2O3/c1-12-4-5-16-15(7-12)20(18(22)11-23-16)10-17(21)19-8-13(2)6-14(3)9-19/h4-5,7,13-14H,6,8-11H2,1-3H3/t13-,14-/m0/s1. The molecule has 0 bridgehead atoms. The van der Waals surface area contributed by atoms with Crippen LogP contribution < -0.4 is 9.64 Å². The Kier molecular flexibility index (Phi) is 4.28.